The highest BCUT2D eigenvalue weighted by molar-refractivity contribution is 6.33. The zero-order valence-electron chi connectivity index (χ0n) is 10.7. The summed E-state index contributed by atoms with van der Waals surface area (Å²) in [5.74, 6) is -1.16. The summed E-state index contributed by atoms with van der Waals surface area (Å²) in [6, 6.07) is 11.4. The summed E-state index contributed by atoms with van der Waals surface area (Å²) < 4.78 is 1.16. The number of carboxylic acids is 1. The Hall–Kier alpha value is -2.66. The Labute approximate surface area is 124 Å². The zero-order chi connectivity index (χ0) is 15.0. The van der Waals surface area contributed by atoms with Crippen molar-refractivity contribution in [2.45, 2.75) is 0 Å². The van der Waals surface area contributed by atoms with Gasteiger partial charge >= 0.3 is 5.97 Å². The van der Waals surface area contributed by atoms with Gasteiger partial charge in [0.15, 0.2) is 0 Å². The number of carbonyl (C=O) groups is 1. The standard InChI is InChI=1S/C15H9ClN2O3/c16-13-6-5-10(7-12(13)15(20)21)18-14(19)11-4-2-1-3-9(11)8-17-18/h1-8H,(H,20,21). The van der Waals surface area contributed by atoms with E-state index in [2.05, 4.69) is 5.10 Å². The fourth-order valence-electron chi connectivity index (χ4n) is 2.08. The second-order valence-corrected chi connectivity index (χ2v) is 4.83. The van der Waals surface area contributed by atoms with Crippen LogP contribution in [-0.4, -0.2) is 20.9 Å². The van der Waals surface area contributed by atoms with Crippen LogP contribution in [-0.2, 0) is 0 Å². The molecule has 1 heterocycles. The molecule has 0 unspecified atom stereocenters. The van der Waals surface area contributed by atoms with Crippen molar-refractivity contribution in [3.8, 4) is 5.69 Å². The minimum Gasteiger partial charge on any atom is -0.478 e. The van der Waals surface area contributed by atoms with Gasteiger partial charge in [0.2, 0.25) is 0 Å². The third kappa shape index (κ3) is 2.28. The smallest absolute Gasteiger partial charge is 0.337 e. The molecule has 0 bridgehead atoms. The molecule has 0 spiro atoms. The van der Waals surface area contributed by atoms with E-state index in [1.54, 1.807) is 30.5 Å². The molecule has 6 heteroatoms. The number of hydrogen-bond donors (Lipinski definition) is 1. The van der Waals surface area contributed by atoms with Crippen LogP contribution < -0.4 is 5.56 Å². The van der Waals surface area contributed by atoms with Gasteiger partial charge in [-0.2, -0.15) is 9.78 Å². The molecule has 0 saturated heterocycles. The molecule has 0 fully saturated rings. The molecule has 21 heavy (non-hydrogen) atoms. The number of nitrogens with zero attached hydrogens (tertiary/aromatic N) is 2. The molecule has 0 aliphatic carbocycles. The molecule has 0 aliphatic heterocycles. The van der Waals surface area contributed by atoms with Crippen molar-refractivity contribution >= 4 is 28.3 Å². The topological polar surface area (TPSA) is 72.2 Å². The molecule has 3 aromatic rings. The summed E-state index contributed by atoms with van der Waals surface area (Å²) in [6.45, 7) is 0. The molecule has 0 amide bonds. The molecule has 0 atom stereocenters. The molecular formula is C15H9ClN2O3. The number of benzene rings is 2. The van der Waals surface area contributed by atoms with Crippen molar-refractivity contribution in [3.63, 3.8) is 0 Å². The monoisotopic (exact) mass is 300 g/mol. The van der Waals surface area contributed by atoms with Gasteiger partial charge in [-0.05, 0) is 24.3 Å². The Balaban J connectivity index is 2.26. The van der Waals surface area contributed by atoms with Crippen LogP contribution in [0.1, 0.15) is 10.4 Å². The number of rotatable bonds is 2. The number of fused-ring (bicyclic) bond motifs is 1. The van der Waals surface area contributed by atoms with Crippen molar-refractivity contribution in [1.82, 2.24) is 9.78 Å². The van der Waals surface area contributed by atoms with Crippen LogP contribution in [0, 0.1) is 0 Å². The van der Waals surface area contributed by atoms with E-state index >= 15 is 0 Å². The maximum Gasteiger partial charge on any atom is 0.337 e. The zero-order valence-corrected chi connectivity index (χ0v) is 11.4. The molecule has 3 rings (SSSR count). The van der Waals surface area contributed by atoms with E-state index in [1.807, 2.05) is 6.07 Å². The van der Waals surface area contributed by atoms with Gasteiger partial charge < -0.3 is 5.11 Å². The Bertz CT molecular complexity index is 918. The summed E-state index contributed by atoms with van der Waals surface area (Å²) >= 11 is 5.82. The van der Waals surface area contributed by atoms with E-state index in [9.17, 15) is 9.59 Å². The summed E-state index contributed by atoms with van der Waals surface area (Å²) in [5, 5.41) is 14.5. The first kappa shape index (κ1) is 13.3. The maximum atomic E-state index is 12.4. The van der Waals surface area contributed by atoms with Gasteiger partial charge in [0, 0.05) is 5.39 Å². The van der Waals surface area contributed by atoms with E-state index in [-0.39, 0.29) is 16.1 Å². The molecule has 0 aliphatic rings. The van der Waals surface area contributed by atoms with Gasteiger partial charge in [0.1, 0.15) is 0 Å². The van der Waals surface area contributed by atoms with Crippen LogP contribution in [0.2, 0.25) is 5.02 Å². The van der Waals surface area contributed by atoms with E-state index in [0.29, 0.717) is 11.1 Å². The summed E-state index contributed by atoms with van der Waals surface area (Å²) in [7, 11) is 0. The highest BCUT2D eigenvalue weighted by Crippen LogP contribution is 2.19. The Morgan fingerprint density at radius 1 is 1.19 bits per heavy atom. The van der Waals surface area contributed by atoms with E-state index < -0.39 is 5.97 Å². The van der Waals surface area contributed by atoms with Crippen LogP contribution in [0.5, 0.6) is 0 Å². The quantitative estimate of drug-likeness (QED) is 0.790. The Kier molecular flexibility index (Phi) is 3.19. The second-order valence-electron chi connectivity index (χ2n) is 4.42. The van der Waals surface area contributed by atoms with Gasteiger partial charge in [0.05, 0.1) is 27.9 Å². The lowest BCUT2D eigenvalue weighted by Gasteiger charge is -2.07. The first-order valence-electron chi connectivity index (χ1n) is 6.08. The van der Waals surface area contributed by atoms with E-state index in [4.69, 9.17) is 16.7 Å². The molecular weight excluding hydrogens is 292 g/mol. The first-order valence-corrected chi connectivity index (χ1v) is 6.46. The first-order chi connectivity index (χ1) is 10.1. The lowest BCUT2D eigenvalue weighted by Crippen LogP contribution is -2.21. The number of hydrogen-bond acceptors (Lipinski definition) is 3. The fourth-order valence-corrected chi connectivity index (χ4v) is 2.28. The number of carboxylic acid groups (broad SMARTS) is 1. The van der Waals surface area contributed by atoms with Crippen molar-refractivity contribution in [3.05, 3.63) is 69.6 Å². The normalized spacial score (nSPS) is 10.7. The van der Waals surface area contributed by atoms with Crippen LogP contribution in [0.15, 0.2) is 53.5 Å². The summed E-state index contributed by atoms with van der Waals surface area (Å²) in [6.07, 6.45) is 1.56. The van der Waals surface area contributed by atoms with E-state index in [0.717, 1.165) is 10.1 Å². The highest BCUT2D eigenvalue weighted by Gasteiger charge is 2.12. The van der Waals surface area contributed by atoms with Crippen molar-refractivity contribution in [2.75, 3.05) is 0 Å². The van der Waals surface area contributed by atoms with Gasteiger partial charge in [-0.3, -0.25) is 4.79 Å². The van der Waals surface area contributed by atoms with Gasteiger partial charge in [0.25, 0.3) is 5.56 Å². The molecule has 104 valence electrons. The largest absolute Gasteiger partial charge is 0.478 e. The molecule has 2 aromatic carbocycles. The van der Waals surface area contributed by atoms with Gasteiger partial charge in [-0.15, -0.1) is 0 Å². The van der Waals surface area contributed by atoms with Crippen LogP contribution in [0.4, 0.5) is 0 Å². The second kappa shape index (κ2) is 5.03. The summed E-state index contributed by atoms with van der Waals surface area (Å²) in [4.78, 5) is 23.5. The van der Waals surface area contributed by atoms with E-state index in [1.165, 1.54) is 12.1 Å². The van der Waals surface area contributed by atoms with Gasteiger partial charge in [-0.25, -0.2) is 4.79 Å². The molecule has 0 radical (unpaired) electrons. The van der Waals surface area contributed by atoms with Crippen molar-refractivity contribution in [1.29, 1.82) is 0 Å². The van der Waals surface area contributed by atoms with Crippen LogP contribution >= 0.6 is 11.6 Å². The molecule has 5 nitrogen and oxygen atoms in total. The predicted octanol–water partition coefficient (Wildman–Crippen LogP) is 2.74. The summed E-state index contributed by atoms with van der Waals surface area (Å²) in [5.41, 5.74) is -0.0321. The minimum absolute atomic E-state index is 0.0731. The van der Waals surface area contributed by atoms with Crippen molar-refractivity contribution in [2.24, 2.45) is 0 Å². The van der Waals surface area contributed by atoms with Crippen LogP contribution in [0.25, 0.3) is 16.5 Å². The van der Waals surface area contributed by atoms with Crippen LogP contribution in [0.3, 0.4) is 0 Å². The fraction of sp³-hybridized carbons (Fsp3) is 0. The third-order valence-electron chi connectivity index (χ3n) is 3.12. The molecule has 1 N–H and O–H groups in total. The molecule has 1 aromatic heterocycles. The SMILES string of the molecule is O=C(O)c1cc(-n2ncc3ccccc3c2=O)ccc1Cl. The third-order valence-corrected chi connectivity index (χ3v) is 3.45. The average Bonchev–Trinajstić information content (AvgIpc) is 2.48. The lowest BCUT2D eigenvalue weighted by molar-refractivity contribution is 0.0697. The Morgan fingerprint density at radius 3 is 2.71 bits per heavy atom. The van der Waals surface area contributed by atoms with Crippen molar-refractivity contribution < 1.29 is 9.90 Å². The number of aromatic carboxylic acids is 1. The van der Waals surface area contributed by atoms with Gasteiger partial charge in [-0.1, -0.05) is 29.8 Å². The molecule has 0 saturated carbocycles. The Morgan fingerprint density at radius 2 is 1.95 bits per heavy atom. The maximum absolute atomic E-state index is 12.4. The predicted molar refractivity (Wildman–Crippen MR) is 79.3 cm³/mol. The number of aromatic nitrogens is 2. The number of halogens is 1. The highest BCUT2D eigenvalue weighted by atomic mass is 35.5. The average molecular weight is 301 g/mol. The lowest BCUT2D eigenvalue weighted by atomic mass is 10.2. The minimum atomic E-state index is -1.16.